The number of fused-ring (bicyclic) bond motifs is 3. The Morgan fingerprint density at radius 3 is 2.47 bits per heavy atom. The molecule has 0 spiro atoms. The number of hydrogen-bond donors (Lipinski definition) is 1. The molecular weight excluding hydrogens is 423 g/mol. The topological polar surface area (TPSA) is 52.0 Å². The Kier molecular flexibility index (Phi) is 4.50. The van der Waals surface area contributed by atoms with Crippen molar-refractivity contribution in [2.45, 2.75) is 17.3 Å². The fourth-order valence-corrected chi connectivity index (χ4v) is 4.76. The van der Waals surface area contributed by atoms with E-state index in [1.165, 1.54) is 23.9 Å². The molecule has 0 aliphatic carbocycles. The van der Waals surface area contributed by atoms with Gasteiger partial charge in [-0.25, -0.2) is 9.07 Å². The molecule has 0 saturated carbocycles. The second-order valence-electron chi connectivity index (χ2n) is 7.68. The Hall–Kier alpha value is -3.58. The minimum absolute atomic E-state index is 0.273. The van der Waals surface area contributed by atoms with Gasteiger partial charge in [0.1, 0.15) is 23.7 Å². The van der Waals surface area contributed by atoms with Gasteiger partial charge in [0.15, 0.2) is 0 Å². The summed E-state index contributed by atoms with van der Waals surface area (Å²) < 4.78 is 22.2. The second-order valence-corrected chi connectivity index (χ2v) is 8.45. The normalized spacial score (nSPS) is 18.8. The predicted octanol–water partition coefficient (Wildman–Crippen LogP) is 5.70. The molecule has 5 nitrogen and oxygen atoms in total. The molecule has 0 radical (unpaired) electrons. The molecule has 3 aromatic carbocycles. The number of para-hydroxylation sites is 1. The first-order chi connectivity index (χ1) is 15.7. The number of aromatic nitrogens is 3. The molecular formula is C25H19FN4OS. The van der Waals surface area contributed by atoms with Crippen LogP contribution in [0.1, 0.15) is 28.8 Å². The van der Waals surface area contributed by atoms with Crippen molar-refractivity contribution in [1.29, 1.82) is 0 Å². The third-order valence-electron chi connectivity index (χ3n) is 5.83. The maximum Gasteiger partial charge on any atom is 0.227 e. The number of anilines is 1. The van der Waals surface area contributed by atoms with Crippen molar-refractivity contribution < 1.29 is 9.13 Å². The summed E-state index contributed by atoms with van der Waals surface area (Å²) in [5, 5.41) is 8.94. The van der Waals surface area contributed by atoms with E-state index in [9.17, 15) is 4.39 Å². The summed E-state index contributed by atoms with van der Waals surface area (Å²) in [5.74, 6) is 1.19. The first kappa shape index (κ1) is 19.1. The van der Waals surface area contributed by atoms with E-state index in [2.05, 4.69) is 22.4 Å². The molecule has 7 heteroatoms. The van der Waals surface area contributed by atoms with E-state index in [4.69, 9.17) is 9.84 Å². The molecule has 158 valence electrons. The number of hydrogen-bond acceptors (Lipinski definition) is 5. The lowest BCUT2D eigenvalue weighted by Crippen LogP contribution is -2.32. The summed E-state index contributed by atoms with van der Waals surface area (Å²) in [4.78, 5) is 4.68. The van der Waals surface area contributed by atoms with Crippen LogP contribution < -0.4 is 10.1 Å². The van der Waals surface area contributed by atoms with Crippen LogP contribution in [0.2, 0.25) is 0 Å². The molecule has 3 heterocycles. The van der Waals surface area contributed by atoms with Gasteiger partial charge in [-0.1, -0.05) is 66.4 Å². The summed E-state index contributed by atoms with van der Waals surface area (Å²) in [6.07, 6.45) is 1.62. The Bertz CT molecular complexity index is 1330. The van der Waals surface area contributed by atoms with Crippen LogP contribution >= 0.6 is 11.8 Å². The molecule has 2 atom stereocenters. The number of halogens is 1. The van der Waals surface area contributed by atoms with Crippen LogP contribution in [0.15, 0.2) is 89.6 Å². The van der Waals surface area contributed by atoms with Crippen molar-refractivity contribution in [3.63, 3.8) is 0 Å². The van der Waals surface area contributed by atoms with Crippen LogP contribution in [0, 0.1) is 5.82 Å². The van der Waals surface area contributed by atoms with Gasteiger partial charge in [0.25, 0.3) is 0 Å². The molecule has 1 N–H and O–H groups in total. The number of nitrogens with one attached hydrogen (secondary N) is 1. The van der Waals surface area contributed by atoms with Crippen molar-refractivity contribution in [1.82, 2.24) is 14.8 Å². The monoisotopic (exact) mass is 442 g/mol. The molecule has 0 bridgehead atoms. The van der Waals surface area contributed by atoms with Crippen molar-refractivity contribution in [2.75, 3.05) is 11.6 Å². The van der Waals surface area contributed by atoms with Crippen LogP contribution in [0.4, 0.5) is 10.3 Å². The standard InChI is InChI=1S/C25H19FN4OS/c1-32-25-28-24-27-21-18-9-5-6-10-19(18)31-23(16-7-3-2-4-8-16)20(21)22(30(24)29-25)15-11-13-17(26)14-12-15/h2-14,22-23H,1H3,(H,27,28,29)/t22-,23+/m0/s1. The van der Waals surface area contributed by atoms with Gasteiger partial charge in [-0.05, 0) is 41.6 Å². The average Bonchev–Trinajstić information content (AvgIpc) is 3.26. The van der Waals surface area contributed by atoms with Crippen LogP contribution in [0.3, 0.4) is 0 Å². The molecule has 6 rings (SSSR count). The van der Waals surface area contributed by atoms with Gasteiger partial charge in [0.2, 0.25) is 11.1 Å². The van der Waals surface area contributed by atoms with E-state index in [-0.39, 0.29) is 18.0 Å². The quantitative estimate of drug-likeness (QED) is 0.413. The third-order valence-corrected chi connectivity index (χ3v) is 6.37. The molecule has 2 aliphatic rings. The van der Waals surface area contributed by atoms with Crippen molar-refractivity contribution >= 4 is 23.4 Å². The van der Waals surface area contributed by atoms with Gasteiger partial charge in [0.05, 0.1) is 5.70 Å². The lowest BCUT2D eigenvalue weighted by Gasteiger charge is -2.38. The Morgan fingerprint density at radius 1 is 0.938 bits per heavy atom. The highest BCUT2D eigenvalue weighted by Crippen LogP contribution is 2.50. The molecule has 2 aliphatic heterocycles. The zero-order valence-electron chi connectivity index (χ0n) is 17.2. The number of ether oxygens (including phenoxy) is 1. The van der Waals surface area contributed by atoms with E-state index in [0.717, 1.165) is 33.7 Å². The molecule has 0 fully saturated rings. The highest BCUT2D eigenvalue weighted by atomic mass is 32.2. The van der Waals surface area contributed by atoms with Crippen LogP contribution in [-0.4, -0.2) is 21.0 Å². The van der Waals surface area contributed by atoms with Crippen LogP contribution in [-0.2, 0) is 0 Å². The SMILES string of the molecule is CSc1nc2n(n1)[C@@H](c1ccc(F)cc1)C1=C(N2)c2ccccc2O[C@@H]1c1ccccc1. The summed E-state index contributed by atoms with van der Waals surface area (Å²) in [6.45, 7) is 0. The first-order valence-electron chi connectivity index (χ1n) is 10.3. The van der Waals surface area contributed by atoms with Gasteiger partial charge >= 0.3 is 0 Å². The van der Waals surface area contributed by atoms with Crippen molar-refractivity contribution in [2.24, 2.45) is 0 Å². The Labute approximate surface area is 189 Å². The highest BCUT2D eigenvalue weighted by molar-refractivity contribution is 7.98. The Morgan fingerprint density at radius 2 is 1.69 bits per heavy atom. The van der Waals surface area contributed by atoms with Gasteiger partial charge < -0.3 is 10.1 Å². The van der Waals surface area contributed by atoms with Gasteiger partial charge in [-0.3, -0.25) is 0 Å². The number of benzene rings is 3. The van der Waals surface area contributed by atoms with Gasteiger partial charge in [0, 0.05) is 11.1 Å². The predicted molar refractivity (Wildman–Crippen MR) is 123 cm³/mol. The fourth-order valence-electron chi connectivity index (χ4n) is 4.41. The van der Waals surface area contributed by atoms with E-state index in [1.54, 1.807) is 0 Å². The van der Waals surface area contributed by atoms with Crippen LogP contribution in [0.25, 0.3) is 5.70 Å². The average molecular weight is 443 g/mol. The minimum atomic E-state index is -0.335. The molecule has 32 heavy (non-hydrogen) atoms. The van der Waals surface area contributed by atoms with E-state index in [1.807, 2.05) is 65.5 Å². The molecule has 4 aromatic rings. The largest absolute Gasteiger partial charge is 0.480 e. The Balaban J connectivity index is 1.63. The minimum Gasteiger partial charge on any atom is -0.480 e. The lowest BCUT2D eigenvalue weighted by molar-refractivity contribution is 0.223. The molecule has 0 saturated heterocycles. The summed E-state index contributed by atoms with van der Waals surface area (Å²) in [5.41, 5.74) is 4.91. The highest BCUT2D eigenvalue weighted by Gasteiger charge is 2.41. The maximum absolute atomic E-state index is 13.8. The summed E-state index contributed by atoms with van der Waals surface area (Å²) in [6, 6.07) is 24.4. The van der Waals surface area contributed by atoms with E-state index < -0.39 is 0 Å². The van der Waals surface area contributed by atoms with Gasteiger partial charge in [-0.2, -0.15) is 4.98 Å². The lowest BCUT2D eigenvalue weighted by atomic mass is 9.84. The maximum atomic E-state index is 13.8. The zero-order valence-corrected chi connectivity index (χ0v) is 18.0. The molecule has 0 amide bonds. The molecule has 1 aromatic heterocycles. The van der Waals surface area contributed by atoms with Crippen molar-refractivity contribution in [3.8, 4) is 5.75 Å². The second kappa shape index (κ2) is 7.53. The van der Waals surface area contributed by atoms with E-state index >= 15 is 0 Å². The molecule has 0 unspecified atom stereocenters. The number of rotatable bonds is 3. The first-order valence-corrected chi connectivity index (χ1v) is 11.5. The van der Waals surface area contributed by atoms with Crippen LogP contribution in [0.5, 0.6) is 5.75 Å². The summed E-state index contributed by atoms with van der Waals surface area (Å²) >= 11 is 1.49. The van der Waals surface area contributed by atoms with E-state index in [0.29, 0.717) is 11.1 Å². The number of thioether (sulfide) groups is 1. The third kappa shape index (κ3) is 3.00. The summed E-state index contributed by atoms with van der Waals surface area (Å²) in [7, 11) is 0. The smallest absolute Gasteiger partial charge is 0.227 e. The van der Waals surface area contributed by atoms with Gasteiger partial charge in [-0.15, -0.1) is 5.10 Å². The zero-order chi connectivity index (χ0) is 21.7. The number of nitrogens with zero attached hydrogens (tertiary/aromatic N) is 3. The van der Waals surface area contributed by atoms with Crippen molar-refractivity contribution in [3.05, 3.63) is 107 Å². The fraction of sp³-hybridized carbons (Fsp3) is 0.120.